The molecule has 3 heterocycles. The van der Waals surface area contributed by atoms with Gasteiger partial charge in [0.25, 0.3) is 0 Å². The number of amides is 6. The Labute approximate surface area is 516 Å². The van der Waals surface area contributed by atoms with Crippen molar-refractivity contribution >= 4 is 82.6 Å². The number of hydrogen-bond acceptors (Lipinski definition) is 17. The molecule has 87 heavy (non-hydrogen) atoms. The first kappa shape index (κ1) is 69.0. The van der Waals surface area contributed by atoms with Gasteiger partial charge < -0.3 is 46.6 Å². The summed E-state index contributed by atoms with van der Waals surface area (Å²) >= 11 is 1.80. The zero-order valence-corrected chi connectivity index (χ0v) is 52.6. The molecule has 25 heteroatoms. The van der Waals surface area contributed by atoms with Crippen LogP contribution in [0.3, 0.4) is 0 Å². The van der Waals surface area contributed by atoms with Crippen molar-refractivity contribution in [2.24, 2.45) is 5.92 Å². The van der Waals surface area contributed by atoms with Gasteiger partial charge in [-0.1, -0.05) is 68.1 Å². The summed E-state index contributed by atoms with van der Waals surface area (Å²) in [4.78, 5) is 98.9. The van der Waals surface area contributed by atoms with Gasteiger partial charge in [-0.2, -0.15) is 4.58 Å². The molecule has 3 aliphatic rings. The maximum Gasteiger partial charge on any atom is 0.305 e. The molecule has 0 unspecified atom stereocenters. The molecule has 3 aromatic carbocycles. The Kier molecular flexibility index (Phi) is 25.1. The third-order valence-corrected chi connectivity index (χ3v) is 17.1. The summed E-state index contributed by atoms with van der Waals surface area (Å²) < 4.78 is 11.7. The first-order valence-corrected chi connectivity index (χ1v) is 30.7. The molecule has 3 aromatic rings. The highest BCUT2D eigenvalue weighted by molar-refractivity contribution is 7.94. The number of rotatable bonds is 31. The van der Waals surface area contributed by atoms with Crippen molar-refractivity contribution < 1.29 is 77.6 Å². The number of nitrogens with zero attached hydrogens (tertiary/aromatic N) is 3. The number of aliphatic carboxylic acids is 1. The van der Waals surface area contributed by atoms with Gasteiger partial charge in [0.15, 0.2) is 5.71 Å². The van der Waals surface area contributed by atoms with E-state index in [0.717, 1.165) is 87.2 Å². The number of phenolic OH excluding ortho intramolecular Hbond substituents is 1. The molecular formula is C62H83N8O15S2+. The molecule has 0 aliphatic carbocycles. The van der Waals surface area contributed by atoms with E-state index in [9.17, 15) is 43.8 Å². The summed E-state index contributed by atoms with van der Waals surface area (Å²) in [5.74, 6) is -5.89. The van der Waals surface area contributed by atoms with Crippen LogP contribution in [-0.4, -0.2) is 133 Å². The molecule has 0 bridgehead atoms. The van der Waals surface area contributed by atoms with E-state index in [2.05, 4.69) is 92.9 Å². The summed E-state index contributed by atoms with van der Waals surface area (Å²) in [7, 11) is 0. The van der Waals surface area contributed by atoms with E-state index in [4.69, 9.17) is 19.2 Å². The van der Waals surface area contributed by atoms with Gasteiger partial charge in [0, 0.05) is 82.7 Å². The predicted molar refractivity (Wildman–Crippen MR) is 328 cm³/mol. The van der Waals surface area contributed by atoms with E-state index in [-0.39, 0.29) is 36.0 Å². The predicted octanol–water partition coefficient (Wildman–Crippen LogP) is 7.85. The number of carbonyl (C=O) groups is 7. The van der Waals surface area contributed by atoms with Gasteiger partial charge >= 0.3 is 5.97 Å². The average Bonchev–Trinajstić information content (AvgIpc) is 1.97. The van der Waals surface area contributed by atoms with E-state index in [1.54, 1.807) is 30.9 Å². The highest BCUT2D eigenvalue weighted by atomic mass is 32.2. The summed E-state index contributed by atoms with van der Waals surface area (Å²) in [6.45, 7) is 20.7. The lowest BCUT2D eigenvalue weighted by Crippen LogP contribution is -2.59. The van der Waals surface area contributed by atoms with Crippen molar-refractivity contribution in [3.63, 3.8) is 0 Å². The van der Waals surface area contributed by atoms with Gasteiger partial charge in [0.1, 0.15) is 42.5 Å². The molecule has 1 saturated heterocycles. The fourth-order valence-corrected chi connectivity index (χ4v) is 12.1. The Hall–Kier alpha value is -7.10. The third-order valence-electron chi connectivity index (χ3n) is 16.0. The van der Waals surface area contributed by atoms with E-state index in [0.29, 0.717) is 37.9 Å². The molecule has 23 nitrogen and oxygen atoms in total. The summed E-state index contributed by atoms with van der Waals surface area (Å²) in [5, 5.41) is 57.9. The van der Waals surface area contributed by atoms with Crippen LogP contribution < -0.4 is 31.5 Å². The van der Waals surface area contributed by atoms with E-state index in [1.807, 2.05) is 61.5 Å². The van der Waals surface area contributed by atoms with Gasteiger partial charge in [-0.3, -0.25) is 33.6 Å². The highest BCUT2D eigenvalue weighted by Crippen LogP contribution is 2.49. The van der Waals surface area contributed by atoms with E-state index >= 15 is 0 Å². The van der Waals surface area contributed by atoms with Crippen LogP contribution in [-0.2, 0) is 69.6 Å². The fraction of sp³-hybridized carbons (Fsp3) is 0.484. The monoisotopic (exact) mass is 1240 g/mol. The van der Waals surface area contributed by atoms with Crippen molar-refractivity contribution in [2.75, 3.05) is 24.5 Å². The lowest BCUT2D eigenvalue weighted by Gasteiger charge is -2.28. The minimum Gasteiger partial charge on any atom is -0.508 e. The van der Waals surface area contributed by atoms with Gasteiger partial charge in [-0.15, -0.1) is 8.67 Å². The van der Waals surface area contributed by atoms with Gasteiger partial charge in [-0.25, -0.2) is 10.5 Å². The number of anilines is 1. The number of likely N-dealkylation sites (tertiary alicyclic amines) is 1. The van der Waals surface area contributed by atoms with Crippen molar-refractivity contribution in [3.05, 3.63) is 113 Å². The number of unbranched alkanes of at least 4 members (excludes halogenated alkanes) is 2. The Morgan fingerprint density at radius 2 is 1.38 bits per heavy atom. The summed E-state index contributed by atoms with van der Waals surface area (Å²) in [6, 6.07) is 11.7. The fourth-order valence-electron chi connectivity index (χ4n) is 11.3. The number of benzene rings is 3. The number of carboxylic acids is 1. The van der Waals surface area contributed by atoms with Crippen LogP contribution in [0.25, 0.3) is 0 Å². The summed E-state index contributed by atoms with van der Waals surface area (Å²) in [6.07, 6.45) is 12.9. The Morgan fingerprint density at radius 3 is 2.00 bits per heavy atom. The largest absolute Gasteiger partial charge is 0.508 e. The topological polar surface area (TPSA) is 307 Å². The van der Waals surface area contributed by atoms with Crippen LogP contribution in [0.5, 0.6) is 5.75 Å². The maximum atomic E-state index is 14.2. The number of hydrogen-bond donors (Lipinski definition) is 9. The number of likely N-dealkylation sites (N-methyl/N-ethyl adjacent to an activating group) is 1. The standard InChI is InChI=1S/C62H82N8O15S2/c1-11-68-49-29-27-43(86-84-82-80)34-45(49)61(7,8)51(68)20-14-12-15-21-52-62(9,10)46-35-44(87-85-83-81)28-30-50(46)70(52)31-17-13-16-22-53(72)65-47(33-41-23-25-42(71)26-24-41)58(77)67-55(37(2)3)59(78)63-39(5)56(75)66-48(36-54(73)74)57(76)64-40(6)60(79)69-32-18-19-38(69)4/h12,14-15,20-21,23-30,34-35,37-40,47-48,55H,11,13,16-19,22,31-33,36H2,1-10H3,(H8-,63,64,65,66,67,71,72,73,74,75,76,77,78,80,81)/p+1/t38-,39+,40+,47+,48+,55+/m1/s1. The number of allylic oxidation sites excluding steroid dienone is 6. The molecule has 1 fully saturated rings. The second-order valence-electron chi connectivity index (χ2n) is 23.3. The minimum atomic E-state index is -1.59. The highest BCUT2D eigenvalue weighted by Gasteiger charge is 2.45. The number of aromatic hydroxyl groups is 1. The van der Waals surface area contributed by atoms with E-state index < -0.39 is 83.5 Å². The van der Waals surface area contributed by atoms with Gasteiger partial charge in [-0.05, 0) is 133 Å². The molecule has 6 rings (SSSR count). The van der Waals surface area contributed by atoms with Crippen molar-refractivity contribution in [2.45, 2.75) is 177 Å². The Bertz CT molecular complexity index is 3090. The second-order valence-corrected chi connectivity index (χ2v) is 24.9. The lowest BCUT2D eigenvalue weighted by molar-refractivity contribution is -0.438. The molecule has 9 N–H and O–H groups in total. The van der Waals surface area contributed by atoms with Gasteiger partial charge in [0.05, 0.1) is 35.9 Å². The SMILES string of the molecule is CCN1/C(=C/C=C/C=C/C2=[N+](CCCCCC(=O)N[C@@H](Cc3ccc(O)cc3)C(=O)N[C@H](C(=O)N[C@@H](C)C(=O)N[C@@H](CC(=O)O)C(=O)N[C@@H](C)C(=O)N3CCC[C@H]3C)C(C)C)c3ccc(SOOO)cc3C2(C)C)C(C)(C)c2cc(SOOO)ccc21. The van der Waals surface area contributed by atoms with Crippen LogP contribution in [0.1, 0.15) is 131 Å². The lowest BCUT2D eigenvalue weighted by atomic mass is 9.81. The Balaban J connectivity index is 1.10. The van der Waals surface area contributed by atoms with Crippen LogP contribution >= 0.6 is 24.1 Å². The normalized spacial score (nSPS) is 18.1. The number of carboxylic acid groups (broad SMARTS) is 1. The molecule has 0 spiro atoms. The van der Waals surface area contributed by atoms with Crippen molar-refractivity contribution in [1.82, 2.24) is 31.5 Å². The minimum absolute atomic E-state index is 0.00177. The smallest absolute Gasteiger partial charge is 0.305 e. The molecule has 0 saturated carbocycles. The first-order chi connectivity index (χ1) is 41.3. The first-order valence-electron chi connectivity index (χ1n) is 29.2. The van der Waals surface area contributed by atoms with Crippen LogP contribution in [0, 0.1) is 5.92 Å². The van der Waals surface area contributed by atoms with Crippen molar-refractivity contribution in [1.29, 1.82) is 0 Å². The molecule has 0 radical (unpaired) electrons. The number of carbonyl (C=O) groups excluding carboxylic acids is 6. The zero-order chi connectivity index (χ0) is 63.8. The van der Waals surface area contributed by atoms with Crippen LogP contribution in [0.2, 0.25) is 0 Å². The van der Waals surface area contributed by atoms with Crippen LogP contribution in [0.15, 0.2) is 107 Å². The van der Waals surface area contributed by atoms with Crippen LogP contribution in [0.4, 0.5) is 11.4 Å². The number of phenols is 1. The quantitative estimate of drug-likeness (QED) is 0.00739. The molecular weight excluding hydrogens is 1160 g/mol. The second kappa shape index (κ2) is 31.7. The molecule has 6 atom stereocenters. The molecule has 6 amide bonds. The molecule has 472 valence electrons. The third kappa shape index (κ3) is 18.0. The van der Waals surface area contributed by atoms with E-state index in [1.165, 1.54) is 26.0 Å². The number of fused-ring (bicyclic) bond motifs is 2. The Morgan fingerprint density at radius 1 is 0.736 bits per heavy atom. The maximum absolute atomic E-state index is 14.2. The van der Waals surface area contributed by atoms with Gasteiger partial charge in [0.2, 0.25) is 41.1 Å². The molecule has 3 aliphatic heterocycles. The average molecular weight is 1240 g/mol. The summed E-state index contributed by atoms with van der Waals surface area (Å²) in [5.41, 5.74) is 6.15. The zero-order valence-electron chi connectivity index (χ0n) is 50.9. The van der Waals surface area contributed by atoms with Crippen molar-refractivity contribution in [3.8, 4) is 5.75 Å². The molecule has 0 aromatic heterocycles. The number of nitrogens with one attached hydrogen (secondary N) is 5.